The molecule has 24 heavy (non-hydrogen) atoms. The van der Waals surface area contributed by atoms with E-state index >= 15 is 0 Å². The van der Waals surface area contributed by atoms with Gasteiger partial charge in [0.2, 0.25) is 10.0 Å². The zero-order valence-electron chi connectivity index (χ0n) is 13.8. The number of ether oxygens (including phenoxy) is 2. The molecule has 2 saturated carbocycles. The lowest BCUT2D eigenvalue weighted by Gasteiger charge is -2.43. The number of morpholine rings is 1. The van der Waals surface area contributed by atoms with Gasteiger partial charge in [0.15, 0.2) is 0 Å². The third-order valence-electron chi connectivity index (χ3n) is 5.46. The van der Waals surface area contributed by atoms with Gasteiger partial charge in [0, 0.05) is 25.2 Å². The number of pyridine rings is 1. The van der Waals surface area contributed by atoms with Crippen molar-refractivity contribution < 1.29 is 17.9 Å². The number of rotatable bonds is 5. The summed E-state index contributed by atoms with van der Waals surface area (Å²) in [5.74, 6) is 0.965. The van der Waals surface area contributed by atoms with E-state index in [0.717, 1.165) is 37.9 Å². The van der Waals surface area contributed by atoms with Crippen LogP contribution in [-0.2, 0) is 14.8 Å². The average molecular weight is 352 g/mol. The first-order chi connectivity index (χ1) is 11.6. The summed E-state index contributed by atoms with van der Waals surface area (Å²) in [5.41, 5.74) is -0.386. The van der Waals surface area contributed by atoms with Gasteiger partial charge in [0.05, 0.1) is 30.3 Å². The third kappa shape index (κ3) is 3.05. The molecular weight excluding hydrogens is 328 g/mol. The molecule has 3 aliphatic rings. The fourth-order valence-corrected chi connectivity index (χ4v) is 5.83. The van der Waals surface area contributed by atoms with E-state index in [1.165, 1.54) is 0 Å². The van der Waals surface area contributed by atoms with Gasteiger partial charge in [-0.25, -0.2) is 8.42 Å². The molecule has 1 spiro atoms. The Kier molecular flexibility index (Phi) is 4.26. The minimum absolute atomic E-state index is 0.154. The van der Waals surface area contributed by atoms with Crippen LogP contribution >= 0.6 is 0 Å². The van der Waals surface area contributed by atoms with Crippen LogP contribution in [0.2, 0.25) is 0 Å². The van der Waals surface area contributed by atoms with Gasteiger partial charge in [0.25, 0.3) is 0 Å². The number of hydrogen-bond donors (Lipinski definition) is 0. The summed E-state index contributed by atoms with van der Waals surface area (Å²) in [6, 6.07) is 3.74. The molecule has 3 fully saturated rings. The summed E-state index contributed by atoms with van der Waals surface area (Å²) >= 11 is 0. The standard InChI is InChI=1S/C17H24N2O4S/c20-24(21,16-5-6-16)19-9-10-23-17(13-19)7-1-3-14(17)12-22-15-4-2-8-18-11-15/h2,4,8,11,14,16H,1,3,5-7,9-10,12-13H2/t14-,17+/m0/s1. The zero-order valence-corrected chi connectivity index (χ0v) is 14.6. The van der Waals surface area contributed by atoms with Crippen molar-refractivity contribution in [2.45, 2.75) is 43.0 Å². The molecule has 0 unspecified atom stereocenters. The maximum absolute atomic E-state index is 12.6. The van der Waals surface area contributed by atoms with Crippen molar-refractivity contribution in [2.24, 2.45) is 5.92 Å². The lowest BCUT2D eigenvalue weighted by atomic mass is 9.90. The van der Waals surface area contributed by atoms with Crippen molar-refractivity contribution in [3.05, 3.63) is 24.5 Å². The second-order valence-electron chi connectivity index (χ2n) is 7.08. The van der Waals surface area contributed by atoms with Gasteiger partial charge < -0.3 is 9.47 Å². The molecule has 7 heteroatoms. The van der Waals surface area contributed by atoms with Gasteiger partial charge in [0.1, 0.15) is 5.75 Å². The van der Waals surface area contributed by atoms with Crippen molar-refractivity contribution >= 4 is 10.0 Å². The fraction of sp³-hybridized carbons (Fsp3) is 0.706. The Morgan fingerprint density at radius 3 is 3.00 bits per heavy atom. The average Bonchev–Trinajstić information content (AvgIpc) is 3.39. The molecule has 132 valence electrons. The highest BCUT2D eigenvalue weighted by Crippen LogP contribution is 2.43. The predicted molar refractivity (Wildman–Crippen MR) is 89.3 cm³/mol. The molecular formula is C17H24N2O4S. The summed E-state index contributed by atoms with van der Waals surface area (Å²) in [4.78, 5) is 4.06. The fourth-order valence-electron chi connectivity index (χ4n) is 3.95. The number of nitrogens with zero attached hydrogens (tertiary/aromatic N) is 2. The Hall–Kier alpha value is -1.18. The molecule has 0 aromatic carbocycles. The summed E-state index contributed by atoms with van der Waals surface area (Å²) < 4.78 is 38.9. The molecule has 1 saturated heterocycles. The van der Waals surface area contributed by atoms with Gasteiger partial charge in [-0.15, -0.1) is 0 Å². The highest BCUT2D eigenvalue weighted by atomic mass is 32.2. The van der Waals surface area contributed by atoms with E-state index in [1.54, 1.807) is 16.7 Å². The lowest BCUT2D eigenvalue weighted by molar-refractivity contribution is -0.118. The minimum Gasteiger partial charge on any atom is -0.492 e. The summed E-state index contributed by atoms with van der Waals surface area (Å²) in [5, 5.41) is -0.154. The Morgan fingerprint density at radius 1 is 1.38 bits per heavy atom. The SMILES string of the molecule is O=S(=O)(C1CC1)N1CCO[C@]2(CCC[C@H]2COc2cccnc2)C1. The normalized spacial score (nSPS) is 31.4. The summed E-state index contributed by atoms with van der Waals surface area (Å²) in [7, 11) is -3.14. The van der Waals surface area contributed by atoms with Crippen LogP contribution in [0.15, 0.2) is 24.5 Å². The Labute approximate surface area is 143 Å². The summed E-state index contributed by atoms with van der Waals surface area (Å²) in [6.45, 7) is 1.99. The molecule has 1 aromatic rings. The van der Waals surface area contributed by atoms with E-state index < -0.39 is 10.0 Å². The molecule has 0 radical (unpaired) electrons. The van der Waals surface area contributed by atoms with Gasteiger partial charge >= 0.3 is 0 Å². The molecule has 2 heterocycles. The maximum atomic E-state index is 12.6. The van der Waals surface area contributed by atoms with Crippen LogP contribution in [0.3, 0.4) is 0 Å². The van der Waals surface area contributed by atoms with E-state index in [9.17, 15) is 8.42 Å². The van der Waals surface area contributed by atoms with E-state index in [0.29, 0.717) is 26.3 Å². The van der Waals surface area contributed by atoms with Crippen LogP contribution in [0.5, 0.6) is 5.75 Å². The highest BCUT2D eigenvalue weighted by Gasteiger charge is 2.51. The Balaban J connectivity index is 1.46. The van der Waals surface area contributed by atoms with Crippen LogP contribution in [0.1, 0.15) is 32.1 Å². The molecule has 0 amide bonds. The summed E-state index contributed by atoms with van der Waals surface area (Å²) in [6.07, 6.45) is 8.00. The second-order valence-corrected chi connectivity index (χ2v) is 9.29. The van der Waals surface area contributed by atoms with Gasteiger partial charge in [-0.3, -0.25) is 4.98 Å². The van der Waals surface area contributed by atoms with Crippen molar-refractivity contribution in [2.75, 3.05) is 26.3 Å². The van der Waals surface area contributed by atoms with E-state index in [1.807, 2.05) is 12.1 Å². The molecule has 2 atom stereocenters. The van der Waals surface area contributed by atoms with Crippen LogP contribution in [0.4, 0.5) is 0 Å². The lowest BCUT2D eigenvalue weighted by Crippen LogP contribution is -2.56. The van der Waals surface area contributed by atoms with Crippen molar-refractivity contribution in [1.29, 1.82) is 0 Å². The van der Waals surface area contributed by atoms with E-state index in [4.69, 9.17) is 9.47 Å². The van der Waals surface area contributed by atoms with Gasteiger partial charge in [-0.2, -0.15) is 4.31 Å². The Bertz CT molecular complexity index is 677. The molecule has 0 bridgehead atoms. The molecule has 1 aromatic heterocycles. The van der Waals surface area contributed by atoms with Crippen LogP contribution in [0.25, 0.3) is 0 Å². The van der Waals surface area contributed by atoms with Gasteiger partial charge in [-0.1, -0.05) is 0 Å². The molecule has 2 aliphatic carbocycles. The first-order valence-electron chi connectivity index (χ1n) is 8.76. The van der Waals surface area contributed by atoms with E-state index in [2.05, 4.69) is 4.98 Å². The highest BCUT2D eigenvalue weighted by molar-refractivity contribution is 7.90. The van der Waals surface area contributed by atoms with Crippen LogP contribution in [-0.4, -0.2) is 54.9 Å². The zero-order chi connectivity index (χ0) is 16.6. The third-order valence-corrected chi connectivity index (χ3v) is 7.81. The largest absolute Gasteiger partial charge is 0.492 e. The second kappa shape index (κ2) is 6.28. The first-order valence-corrected chi connectivity index (χ1v) is 10.3. The van der Waals surface area contributed by atoms with E-state index in [-0.39, 0.29) is 16.8 Å². The molecule has 0 N–H and O–H groups in total. The van der Waals surface area contributed by atoms with Crippen LogP contribution < -0.4 is 4.74 Å². The minimum atomic E-state index is -3.14. The molecule has 6 nitrogen and oxygen atoms in total. The monoisotopic (exact) mass is 352 g/mol. The quantitative estimate of drug-likeness (QED) is 0.809. The molecule has 4 rings (SSSR count). The molecule has 1 aliphatic heterocycles. The predicted octanol–water partition coefficient (Wildman–Crippen LogP) is 1.82. The van der Waals surface area contributed by atoms with Crippen molar-refractivity contribution in [1.82, 2.24) is 9.29 Å². The van der Waals surface area contributed by atoms with Crippen molar-refractivity contribution in [3.63, 3.8) is 0 Å². The number of aromatic nitrogens is 1. The maximum Gasteiger partial charge on any atom is 0.217 e. The van der Waals surface area contributed by atoms with Crippen LogP contribution in [0, 0.1) is 5.92 Å². The van der Waals surface area contributed by atoms with Gasteiger partial charge in [-0.05, 0) is 44.2 Å². The Morgan fingerprint density at radius 2 is 2.25 bits per heavy atom. The number of hydrogen-bond acceptors (Lipinski definition) is 5. The number of sulfonamides is 1. The first kappa shape index (κ1) is 16.3. The van der Waals surface area contributed by atoms with Crippen molar-refractivity contribution in [3.8, 4) is 5.75 Å². The topological polar surface area (TPSA) is 68.7 Å². The smallest absolute Gasteiger partial charge is 0.217 e.